The van der Waals surface area contributed by atoms with E-state index in [1.54, 1.807) is 0 Å². The quantitative estimate of drug-likeness (QED) is 0.0483. The normalized spacial score (nSPS) is 12.5. The zero-order chi connectivity index (χ0) is 37.4. The first-order valence-corrected chi connectivity index (χ1v) is 23.9. The Bertz CT molecular complexity index is 613. The molecular formula is C47H94O3S. The number of hydrogen-bond acceptors (Lipinski definition) is 4. The Hall–Kier alpha value is -0.190. The lowest BCUT2D eigenvalue weighted by Gasteiger charge is -2.35. The average molecular weight is 739 g/mol. The monoisotopic (exact) mass is 739 g/mol. The smallest absolute Gasteiger partial charge is 0.165 e. The van der Waals surface area contributed by atoms with Gasteiger partial charge in [0, 0.05) is 5.41 Å². The molecule has 0 aliphatic heterocycles. The molecule has 3 nitrogen and oxygen atoms in total. The van der Waals surface area contributed by atoms with Crippen LogP contribution >= 0.6 is 12.2 Å². The Balaban J connectivity index is 4.89. The van der Waals surface area contributed by atoms with Gasteiger partial charge in [-0.15, -0.1) is 0 Å². The number of rotatable bonds is 43. The largest absolute Gasteiger partial charge is 0.484 e. The highest BCUT2D eigenvalue weighted by Crippen LogP contribution is 2.40. The van der Waals surface area contributed by atoms with Crippen LogP contribution in [0.1, 0.15) is 271 Å². The van der Waals surface area contributed by atoms with Gasteiger partial charge in [0.05, 0.1) is 6.61 Å². The summed E-state index contributed by atoms with van der Waals surface area (Å²) in [5.41, 5.74) is -0.0695. The van der Waals surface area contributed by atoms with Gasteiger partial charge in [0.15, 0.2) is 5.05 Å². The first-order chi connectivity index (χ1) is 25.1. The van der Waals surface area contributed by atoms with E-state index >= 15 is 0 Å². The van der Waals surface area contributed by atoms with Crippen molar-refractivity contribution >= 4 is 17.3 Å². The molecule has 0 aliphatic rings. The van der Waals surface area contributed by atoms with Crippen molar-refractivity contribution in [2.24, 2.45) is 5.41 Å². The first-order valence-electron chi connectivity index (χ1n) is 23.5. The standard InChI is InChI=1S/C47H94O3S/c1-4-7-10-13-16-19-22-25-28-31-34-37-40-47(46(51)50-44-45(49)43-48,41-38-35-32-29-26-23-20-17-14-11-8-5-2)42-39-36-33-30-27-24-21-18-15-12-9-6-3/h45,48-49H,4-44H2,1-3H3. The van der Waals surface area contributed by atoms with E-state index in [0.717, 1.165) is 24.3 Å². The molecule has 51 heavy (non-hydrogen) atoms. The number of aliphatic hydroxyl groups is 2. The number of unbranched alkanes of at least 4 members (excludes halogenated alkanes) is 33. The molecule has 0 heterocycles. The maximum absolute atomic E-state index is 10.1. The fraction of sp³-hybridized carbons (Fsp3) is 0.979. The van der Waals surface area contributed by atoms with Crippen molar-refractivity contribution in [1.82, 2.24) is 0 Å². The predicted molar refractivity (Wildman–Crippen MR) is 231 cm³/mol. The summed E-state index contributed by atoms with van der Waals surface area (Å²) in [5, 5.41) is 20.3. The summed E-state index contributed by atoms with van der Waals surface area (Å²) in [4.78, 5) is 0. The Morgan fingerprint density at radius 3 is 0.843 bits per heavy atom. The lowest BCUT2D eigenvalue weighted by atomic mass is 9.74. The van der Waals surface area contributed by atoms with Crippen molar-refractivity contribution in [2.45, 2.75) is 277 Å². The van der Waals surface area contributed by atoms with Crippen molar-refractivity contribution in [3.63, 3.8) is 0 Å². The molecule has 0 bridgehead atoms. The fourth-order valence-electron chi connectivity index (χ4n) is 7.97. The van der Waals surface area contributed by atoms with Gasteiger partial charge >= 0.3 is 0 Å². The number of hydrogen-bond donors (Lipinski definition) is 2. The molecular weight excluding hydrogens is 645 g/mol. The highest BCUT2D eigenvalue weighted by Gasteiger charge is 2.35. The van der Waals surface area contributed by atoms with Crippen LogP contribution in [0.5, 0.6) is 0 Å². The Morgan fingerprint density at radius 1 is 0.412 bits per heavy atom. The lowest BCUT2D eigenvalue weighted by molar-refractivity contribution is 0.0439. The minimum absolute atomic E-state index is 0.0695. The van der Waals surface area contributed by atoms with Crippen molar-refractivity contribution in [1.29, 1.82) is 0 Å². The summed E-state index contributed by atoms with van der Waals surface area (Å²) >= 11 is 6.10. The van der Waals surface area contributed by atoms with Crippen LogP contribution in [-0.4, -0.2) is 34.6 Å². The maximum Gasteiger partial charge on any atom is 0.165 e. The number of ether oxygens (including phenoxy) is 1. The van der Waals surface area contributed by atoms with Crippen molar-refractivity contribution < 1.29 is 14.9 Å². The molecule has 4 heteroatoms. The molecule has 0 radical (unpaired) electrons. The van der Waals surface area contributed by atoms with Crippen LogP contribution in [0.2, 0.25) is 0 Å². The average Bonchev–Trinajstić information content (AvgIpc) is 3.14. The van der Waals surface area contributed by atoms with E-state index in [0.29, 0.717) is 0 Å². The van der Waals surface area contributed by atoms with Crippen molar-refractivity contribution in [3.8, 4) is 0 Å². The van der Waals surface area contributed by atoms with E-state index in [1.807, 2.05) is 0 Å². The first kappa shape index (κ1) is 50.8. The Labute approximate surface area is 327 Å². The van der Waals surface area contributed by atoms with Gasteiger partial charge in [-0.1, -0.05) is 252 Å². The minimum atomic E-state index is -0.856. The fourth-order valence-corrected chi connectivity index (χ4v) is 8.35. The Morgan fingerprint density at radius 2 is 0.627 bits per heavy atom. The molecule has 0 fully saturated rings. The third kappa shape index (κ3) is 34.1. The second-order valence-electron chi connectivity index (χ2n) is 16.6. The third-order valence-corrected chi connectivity index (χ3v) is 12.1. The molecule has 0 amide bonds. The lowest BCUT2D eigenvalue weighted by Crippen LogP contribution is -2.34. The summed E-state index contributed by atoms with van der Waals surface area (Å²) in [6, 6.07) is 0. The highest BCUT2D eigenvalue weighted by molar-refractivity contribution is 7.80. The third-order valence-electron chi connectivity index (χ3n) is 11.6. The molecule has 0 aromatic heterocycles. The number of aliphatic hydroxyl groups excluding tert-OH is 2. The Kier molecular flexibility index (Phi) is 40.8. The van der Waals surface area contributed by atoms with Gasteiger partial charge in [-0.3, -0.25) is 0 Å². The van der Waals surface area contributed by atoms with Gasteiger partial charge < -0.3 is 14.9 Å². The van der Waals surface area contributed by atoms with Crippen molar-refractivity contribution in [2.75, 3.05) is 13.2 Å². The van der Waals surface area contributed by atoms with Crippen LogP contribution in [0.15, 0.2) is 0 Å². The second-order valence-corrected chi connectivity index (χ2v) is 17.0. The molecule has 0 spiro atoms. The van der Waals surface area contributed by atoms with Crippen LogP contribution < -0.4 is 0 Å². The van der Waals surface area contributed by atoms with Gasteiger partial charge in [-0.25, -0.2) is 0 Å². The molecule has 0 saturated heterocycles. The van der Waals surface area contributed by atoms with E-state index in [4.69, 9.17) is 17.0 Å². The molecule has 306 valence electrons. The van der Waals surface area contributed by atoms with Gasteiger partial charge in [0.25, 0.3) is 0 Å². The summed E-state index contributed by atoms with van der Waals surface area (Å²) < 4.78 is 6.15. The second kappa shape index (κ2) is 41.0. The minimum Gasteiger partial charge on any atom is -0.484 e. The molecule has 0 saturated carbocycles. The van der Waals surface area contributed by atoms with E-state index in [1.165, 1.54) is 231 Å². The van der Waals surface area contributed by atoms with E-state index in [2.05, 4.69) is 20.8 Å². The van der Waals surface area contributed by atoms with Crippen LogP contribution in [0.25, 0.3) is 0 Å². The van der Waals surface area contributed by atoms with E-state index in [-0.39, 0.29) is 18.6 Å². The molecule has 1 atom stereocenters. The van der Waals surface area contributed by atoms with Crippen LogP contribution in [0, 0.1) is 5.41 Å². The zero-order valence-electron chi connectivity index (χ0n) is 35.3. The summed E-state index contributed by atoms with van der Waals surface area (Å²) in [6.07, 6.45) is 51.7. The summed E-state index contributed by atoms with van der Waals surface area (Å²) in [6.45, 7) is 6.74. The topological polar surface area (TPSA) is 49.7 Å². The highest BCUT2D eigenvalue weighted by atomic mass is 32.1. The molecule has 1 unspecified atom stereocenters. The molecule has 0 aliphatic carbocycles. The summed E-state index contributed by atoms with van der Waals surface area (Å²) in [7, 11) is 0. The molecule has 0 aromatic carbocycles. The van der Waals surface area contributed by atoms with Crippen LogP contribution in [-0.2, 0) is 4.74 Å². The van der Waals surface area contributed by atoms with Crippen LogP contribution in [0.4, 0.5) is 0 Å². The van der Waals surface area contributed by atoms with Gasteiger partial charge in [-0.05, 0) is 31.5 Å². The van der Waals surface area contributed by atoms with Gasteiger partial charge in [-0.2, -0.15) is 0 Å². The number of thiocarbonyl (C=S) groups is 1. The molecule has 0 aromatic rings. The predicted octanol–water partition coefficient (Wildman–Crippen LogP) is 15.9. The van der Waals surface area contributed by atoms with Crippen molar-refractivity contribution in [3.05, 3.63) is 0 Å². The molecule has 0 rings (SSSR count). The molecule has 2 N–H and O–H groups in total. The maximum atomic E-state index is 10.1. The van der Waals surface area contributed by atoms with Crippen LogP contribution in [0.3, 0.4) is 0 Å². The van der Waals surface area contributed by atoms with E-state index < -0.39 is 6.10 Å². The van der Waals surface area contributed by atoms with Gasteiger partial charge in [0.1, 0.15) is 12.7 Å². The van der Waals surface area contributed by atoms with Gasteiger partial charge in [0.2, 0.25) is 0 Å². The zero-order valence-corrected chi connectivity index (χ0v) is 36.1. The van der Waals surface area contributed by atoms with E-state index in [9.17, 15) is 10.2 Å². The SMILES string of the molecule is CCCCCCCCCCCCCCC(CCCCCCCCCCCCCC)(CCCCCCCCCCCCCC)C(=S)OCC(O)CO. The summed E-state index contributed by atoms with van der Waals surface area (Å²) in [5.74, 6) is 0.